The Morgan fingerprint density at radius 3 is 2.39 bits per heavy atom. The van der Waals surface area contributed by atoms with Crippen molar-refractivity contribution in [2.45, 2.75) is 0 Å². The van der Waals surface area contributed by atoms with Crippen molar-refractivity contribution in [1.29, 1.82) is 0 Å². The fraction of sp³-hybridized carbons (Fsp3) is 0. The van der Waals surface area contributed by atoms with Crippen LogP contribution in [0.4, 0.5) is 13.2 Å². The van der Waals surface area contributed by atoms with Crippen LogP contribution in [0.15, 0.2) is 36.4 Å². The maximum absolute atomic E-state index is 13.6. The monoisotopic (exact) mass is 270 g/mol. The van der Waals surface area contributed by atoms with Crippen LogP contribution in [0.25, 0.3) is 0 Å². The number of ketones is 1. The Hall–Kier alpha value is -1.81. The molecule has 0 heterocycles. The Kier molecular flexibility index (Phi) is 3.39. The van der Waals surface area contributed by atoms with E-state index >= 15 is 0 Å². The van der Waals surface area contributed by atoms with Crippen molar-refractivity contribution in [3.8, 4) is 0 Å². The summed E-state index contributed by atoms with van der Waals surface area (Å²) in [5.74, 6) is -3.87. The van der Waals surface area contributed by atoms with E-state index in [1.165, 1.54) is 18.2 Å². The van der Waals surface area contributed by atoms with Crippen LogP contribution in [0.2, 0.25) is 5.02 Å². The molecule has 0 saturated carbocycles. The van der Waals surface area contributed by atoms with E-state index in [-0.39, 0.29) is 16.1 Å². The normalized spacial score (nSPS) is 10.4. The number of carbonyl (C=O) groups excluding carboxylic acids is 1. The molecule has 0 aliphatic rings. The Bertz CT molecular complexity index is 626. The fourth-order valence-electron chi connectivity index (χ4n) is 1.47. The van der Waals surface area contributed by atoms with Gasteiger partial charge in [-0.05, 0) is 30.3 Å². The summed E-state index contributed by atoms with van der Waals surface area (Å²) in [6.07, 6.45) is 0. The molecule has 0 spiro atoms. The van der Waals surface area contributed by atoms with E-state index in [1.807, 2.05) is 0 Å². The van der Waals surface area contributed by atoms with Crippen LogP contribution in [-0.2, 0) is 0 Å². The van der Waals surface area contributed by atoms with Gasteiger partial charge in [0.1, 0.15) is 0 Å². The zero-order valence-electron chi connectivity index (χ0n) is 8.88. The maximum Gasteiger partial charge on any atom is 0.196 e. The first kappa shape index (κ1) is 12.6. The van der Waals surface area contributed by atoms with Crippen LogP contribution in [0.1, 0.15) is 15.9 Å². The molecule has 0 radical (unpaired) electrons. The highest BCUT2D eigenvalue weighted by Crippen LogP contribution is 2.21. The van der Waals surface area contributed by atoms with E-state index in [1.54, 1.807) is 0 Å². The quantitative estimate of drug-likeness (QED) is 0.754. The van der Waals surface area contributed by atoms with Gasteiger partial charge in [0, 0.05) is 5.56 Å². The van der Waals surface area contributed by atoms with Crippen molar-refractivity contribution < 1.29 is 18.0 Å². The van der Waals surface area contributed by atoms with E-state index in [4.69, 9.17) is 11.6 Å². The van der Waals surface area contributed by atoms with Gasteiger partial charge in [0.25, 0.3) is 0 Å². The molecule has 0 unspecified atom stereocenters. The van der Waals surface area contributed by atoms with E-state index < -0.39 is 23.2 Å². The van der Waals surface area contributed by atoms with E-state index in [9.17, 15) is 18.0 Å². The molecule has 1 nitrogen and oxygen atoms in total. The standard InChI is InChI=1S/C13H6ClF3O/c14-9-3-1-2-8(12(9)17)13(18)7-4-5-10(15)11(16)6-7/h1-6H. The minimum Gasteiger partial charge on any atom is -0.288 e. The Morgan fingerprint density at radius 1 is 1.00 bits per heavy atom. The third kappa shape index (κ3) is 2.24. The highest BCUT2D eigenvalue weighted by atomic mass is 35.5. The number of hydrogen-bond donors (Lipinski definition) is 0. The molecule has 2 aromatic carbocycles. The second kappa shape index (κ2) is 4.82. The molecule has 0 amide bonds. The summed E-state index contributed by atoms with van der Waals surface area (Å²) in [6.45, 7) is 0. The minimum atomic E-state index is -1.16. The predicted molar refractivity (Wildman–Crippen MR) is 61.2 cm³/mol. The van der Waals surface area contributed by atoms with Gasteiger partial charge in [0.15, 0.2) is 23.2 Å². The smallest absolute Gasteiger partial charge is 0.196 e. The summed E-state index contributed by atoms with van der Waals surface area (Å²) in [5.41, 5.74) is -0.427. The van der Waals surface area contributed by atoms with Gasteiger partial charge in [-0.25, -0.2) is 13.2 Å². The number of rotatable bonds is 2. The molecule has 2 rings (SSSR count). The van der Waals surface area contributed by atoms with Gasteiger partial charge in [-0.1, -0.05) is 17.7 Å². The van der Waals surface area contributed by atoms with Crippen molar-refractivity contribution >= 4 is 17.4 Å². The number of hydrogen-bond acceptors (Lipinski definition) is 1. The average molecular weight is 271 g/mol. The molecule has 0 bridgehead atoms. The van der Waals surface area contributed by atoms with Gasteiger partial charge in [-0.2, -0.15) is 0 Å². The summed E-state index contributed by atoms with van der Waals surface area (Å²) in [5, 5.41) is -0.205. The van der Waals surface area contributed by atoms with Gasteiger partial charge in [-0.3, -0.25) is 4.79 Å². The summed E-state index contributed by atoms with van der Waals surface area (Å²) in [7, 11) is 0. The van der Waals surface area contributed by atoms with Crippen molar-refractivity contribution in [3.05, 3.63) is 70.0 Å². The Balaban J connectivity index is 2.48. The lowest BCUT2D eigenvalue weighted by molar-refractivity contribution is 0.103. The summed E-state index contributed by atoms with van der Waals surface area (Å²) >= 11 is 5.54. The van der Waals surface area contributed by atoms with Crippen molar-refractivity contribution in [2.75, 3.05) is 0 Å². The molecule has 0 aromatic heterocycles. The largest absolute Gasteiger partial charge is 0.288 e. The zero-order valence-corrected chi connectivity index (χ0v) is 9.64. The summed E-state index contributed by atoms with van der Waals surface area (Å²) in [6, 6.07) is 6.53. The number of halogens is 4. The highest BCUT2D eigenvalue weighted by Gasteiger charge is 2.17. The lowest BCUT2D eigenvalue weighted by atomic mass is 10.0. The van der Waals surface area contributed by atoms with Crippen LogP contribution in [0, 0.1) is 17.5 Å². The third-order valence-electron chi connectivity index (χ3n) is 2.38. The van der Waals surface area contributed by atoms with Crippen LogP contribution in [0.5, 0.6) is 0 Å². The first-order chi connectivity index (χ1) is 8.50. The van der Waals surface area contributed by atoms with Crippen molar-refractivity contribution in [2.24, 2.45) is 0 Å². The zero-order chi connectivity index (χ0) is 13.3. The van der Waals surface area contributed by atoms with Gasteiger partial charge in [0.05, 0.1) is 10.6 Å². The lowest BCUT2D eigenvalue weighted by Gasteiger charge is -2.04. The molecule has 5 heteroatoms. The fourth-order valence-corrected chi connectivity index (χ4v) is 1.65. The van der Waals surface area contributed by atoms with Gasteiger partial charge >= 0.3 is 0 Å². The summed E-state index contributed by atoms with van der Waals surface area (Å²) < 4.78 is 39.3. The highest BCUT2D eigenvalue weighted by molar-refractivity contribution is 6.31. The Labute approximate surface area is 106 Å². The molecule has 0 aliphatic carbocycles. The van der Waals surface area contributed by atoms with E-state index in [0.29, 0.717) is 0 Å². The van der Waals surface area contributed by atoms with Crippen molar-refractivity contribution in [3.63, 3.8) is 0 Å². The number of benzene rings is 2. The molecule has 0 saturated heterocycles. The topological polar surface area (TPSA) is 17.1 Å². The van der Waals surface area contributed by atoms with E-state index in [0.717, 1.165) is 18.2 Å². The van der Waals surface area contributed by atoms with Crippen LogP contribution >= 0.6 is 11.6 Å². The van der Waals surface area contributed by atoms with E-state index in [2.05, 4.69) is 0 Å². The third-order valence-corrected chi connectivity index (χ3v) is 2.67. The molecule has 2 aromatic rings. The first-order valence-corrected chi connectivity index (χ1v) is 5.32. The number of carbonyl (C=O) groups is 1. The predicted octanol–water partition coefficient (Wildman–Crippen LogP) is 3.99. The van der Waals surface area contributed by atoms with Gasteiger partial charge < -0.3 is 0 Å². The first-order valence-electron chi connectivity index (χ1n) is 4.94. The molecule has 0 N–H and O–H groups in total. The average Bonchev–Trinajstić information content (AvgIpc) is 2.35. The summed E-state index contributed by atoms with van der Waals surface area (Å²) in [4.78, 5) is 11.9. The van der Waals surface area contributed by atoms with Crippen LogP contribution < -0.4 is 0 Å². The van der Waals surface area contributed by atoms with Crippen LogP contribution in [-0.4, -0.2) is 5.78 Å². The SMILES string of the molecule is O=C(c1ccc(F)c(F)c1)c1cccc(Cl)c1F. The van der Waals surface area contributed by atoms with Gasteiger partial charge in [0.2, 0.25) is 0 Å². The lowest BCUT2D eigenvalue weighted by Crippen LogP contribution is -2.05. The second-order valence-corrected chi connectivity index (χ2v) is 3.97. The Morgan fingerprint density at radius 2 is 1.72 bits per heavy atom. The molecule has 0 atom stereocenters. The molecular weight excluding hydrogens is 265 g/mol. The van der Waals surface area contributed by atoms with Crippen molar-refractivity contribution in [1.82, 2.24) is 0 Å². The molecule has 92 valence electrons. The molecule has 0 fully saturated rings. The maximum atomic E-state index is 13.6. The minimum absolute atomic E-state index is 0.143. The molecule has 0 aliphatic heterocycles. The molecular formula is C13H6ClF3O. The van der Waals surface area contributed by atoms with Crippen LogP contribution in [0.3, 0.4) is 0 Å². The second-order valence-electron chi connectivity index (χ2n) is 3.56. The molecule has 18 heavy (non-hydrogen) atoms. The van der Waals surface area contributed by atoms with Gasteiger partial charge in [-0.15, -0.1) is 0 Å².